The van der Waals surface area contributed by atoms with E-state index in [-0.39, 0.29) is 0 Å². The average molecular weight is 274 g/mol. The molecule has 1 saturated heterocycles. The third-order valence-corrected chi connectivity index (χ3v) is 3.20. The molecular weight excluding hydrogens is 256 g/mol. The summed E-state index contributed by atoms with van der Waals surface area (Å²) in [4.78, 5) is 8.43. The van der Waals surface area contributed by atoms with Crippen molar-refractivity contribution in [3.63, 3.8) is 0 Å². The van der Waals surface area contributed by atoms with Gasteiger partial charge in [0.05, 0.1) is 25.5 Å². The molecule has 0 aromatic carbocycles. The number of anilines is 2. The molecule has 106 valence electrons. The smallest absolute Gasteiger partial charge is 0.131 e. The predicted molar refractivity (Wildman–Crippen MR) is 75.5 cm³/mol. The summed E-state index contributed by atoms with van der Waals surface area (Å²) in [5.74, 6) is 2.46. The summed E-state index contributed by atoms with van der Waals surface area (Å²) >= 11 is 0. The Bertz CT molecular complexity index is 524. The average Bonchev–Trinajstić information content (AvgIpc) is 3.00. The lowest BCUT2D eigenvalue weighted by Crippen LogP contribution is -2.30. The molecular formula is C14H18N4O2. The van der Waals surface area contributed by atoms with E-state index < -0.39 is 0 Å². The molecule has 1 aliphatic rings. The Morgan fingerprint density at radius 2 is 2.25 bits per heavy atom. The number of nitrogens with zero attached hydrogens (tertiary/aromatic N) is 2. The zero-order valence-corrected chi connectivity index (χ0v) is 11.2. The van der Waals surface area contributed by atoms with Crippen LogP contribution in [0.5, 0.6) is 0 Å². The van der Waals surface area contributed by atoms with Gasteiger partial charge in [0.1, 0.15) is 23.7 Å². The van der Waals surface area contributed by atoms with Crippen molar-refractivity contribution in [2.24, 2.45) is 0 Å². The first-order valence-electron chi connectivity index (χ1n) is 6.83. The van der Waals surface area contributed by atoms with Crippen molar-refractivity contribution < 1.29 is 9.15 Å². The van der Waals surface area contributed by atoms with E-state index in [4.69, 9.17) is 9.15 Å². The summed E-state index contributed by atoms with van der Waals surface area (Å²) in [6.07, 6.45) is 5.41. The van der Waals surface area contributed by atoms with Crippen LogP contribution >= 0.6 is 0 Å². The lowest BCUT2D eigenvalue weighted by atomic mass is 10.1. The van der Waals surface area contributed by atoms with Gasteiger partial charge in [-0.1, -0.05) is 0 Å². The van der Waals surface area contributed by atoms with Crippen LogP contribution in [0.15, 0.2) is 35.2 Å². The Kier molecular flexibility index (Phi) is 4.13. The van der Waals surface area contributed by atoms with Crippen molar-refractivity contribution in [2.45, 2.75) is 25.4 Å². The molecule has 1 fully saturated rings. The van der Waals surface area contributed by atoms with Crippen LogP contribution < -0.4 is 10.6 Å². The van der Waals surface area contributed by atoms with Crippen molar-refractivity contribution in [1.82, 2.24) is 9.97 Å². The van der Waals surface area contributed by atoms with E-state index in [1.165, 1.54) is 0 Å². The largest absolute Gasteiger partial charge is 0.467 e. The quantitative estimate of drug-likeness (QED) is 0.871. The number of aromatic nitrogens is 2. The molecule has 1 aliphatic heterocycles. The molecule has 0 saturated carbocycles. The molecule has 0 unspecified atom stereocenters. The fraction of sp³-hybridized carbons (Fsp3) is 0.429. The molecule has 0 radical (unpaired) electrons. The van der Waals surface area contributed by atoms with E-state index in [1.54, 1.807) is 12.6 Å². The molecule has 1 atom stereocenters. The predicted octanol–water partition coefficient (Wildman–Crippen LogP) is 2.27. The summed E-state index contributed by atoms with van der Waals surface area (Å²) in [5, 5.41) is 6.58. The van der Waals surface area contributed by atoms with E-state index in [0.29, 0.717) is 12.6 Å². The first kappa shape index (κ1) is 12.9. The third kappa shape index (κ3) is 3.48. The van der Waals surface area contributed by atoms with Crippen LogP contribution in [0.25, 0.3) is 0 Å². The summed E-state index contributed by atoms with van der Waals surface area (Å²) in [5.41, 5.74) is 0. The Balaban J connectivity index is 1.57. The van der Waals surface area contributed by atoms with Crippen LogP contribution in [0.2, 0.25) is 0 Å². The molecule has 2 aromatic heterocycles. The maximum absolute atomic E-state index is 5.45. The van der Waals surface area contributed by atoms with E-state index >= 15 is 0 Å². The molecule has 0 bridgehead atoms. The van der Waals surface area contributed by atoms with Crippen molar-refractivity contribution in [3.05, 3.63) is 36.5 Å². The minimum atomic E-state index is 0.330. The van der Waals surface area contributed by atoms with Crippen LogP contribution in [0.4, 0.5) is 11.6 Å². The number of furan rings is 1. The first-order chi connectivity index (χ1) is 9.90. The van der Waals surface area contributed by atoms with Crippen molar-refractivity contribution >= 4 is 11.6 Å². The van der Waals surface area contributed by atoms with Crippen molar-refractivity contribution in [1.29, 1.82) is 0 Å². The molecule has 6 nitrogen and oxygen atoms in total. The van der Waals surface area contributed by atoms with Gasteiger partial charge in [-0.3, -0.25) is 0 Å². The second kappa shape index (κ2) is 6.38. The molecule has 3 heterocycles. The zero-order chi connectivity index (χ0) is 13.6. The third-order valence-electron chi connectivity index (χ3n) is 3.20. The van der Waals surface area contributed by atoms with Crippen LogP contribution in [-0.2, 0) is 11.3 Å². The van der Waals surface area contributed by atoms with Gasteiger partial charge < -0.3 is 19.8 Å². The van der Waals surface area contributed by atoms with Crippen LogP contribution in [0.3, 0.4) is 0 Å². The van der Waals surface area contributed by atoms with E-state index in [0.717, 1.165) is 43.5 Å². The Morgan fingerprint density at radius 3 is 3.05 bits per heavy atom. The highest BCUT2D eigenvalue weighted by Crippen LogP contribution is 2.15. The fourth-order valence-electron chi connectivity index (χ4n) is 2.19. The molecule has 20 heavy (non-hydrogen) atoms. The maximum atomic E-state index is 5.45. The van der Waals surface area contributed by atoms with Crippen molar-refractivity contribution in [3.8, 4) is 0 Å². The maximum Gasteiger partial charge on any atom is 0.131 e. The molecule has 3 rings (SSSR count). The molecule has 0 aliphatic carbocycles. The lowest BCUT2D eigenvalue weighted by Gasteiger charge is -2.23. The van der Waals surface area contributed by atoms with Gasteiger partial charge >= 0.3 is 0 Å². The Labute approximate surface area is 117 Å². The summed E-state index contributed by atoms with van der Waals surface area (Å²) in [7, 11) is 0. The van der Waals surface area contributed by atoms with E-state index in [2.05, 4.69) is 20.6 Å². The van der Waals surface area contributed by atoms with Gasteiger partial charge in [0.15, 0.2) is 0 Å². The van der Waals surface area contributed by atoms with Gasteiger partial charge in [0, 0.05) is 12.7 Å². The Hall–Kier alpha value is -2.08. The zero-order valence-electron chi connectivity index (χ0n) is 11.2. The highest BCUT2D eigenvalue weighted by molar-refractivity contribution is 5.47. The number of ether oxygens (including phenoxy) is 1. The summed E-state index contributed by atoms with van der Waals surface area (Å²) in [6.45, 7) is 2.20. The van der Waals surface area contributed by atoms with Gasteiger partial charge in [0.25, 0.3) is 0 Å². The minimum absolute atomic E-state index is 0.330. The lowest BCUT2D eigenvalue weighted by molar-refractivity contribution is 0.0875. The van der Waals surface area contributed by atoms with Gasteiger partial charge in [-0.05, 0) is 25.0 Å². The normalized spacial score (nSPS) is 18.7. The number of hydrogen-bond acceptors (Lipinski definition) is 6. The topological polar surface area (TPSA) is 72.2 Å². The van der Waals surface area contributed by atoms with Crippen LogP contribution in [-0.4, -0.2) is 29.2 Å². The second-order valence-corrected chi connectivity index (χ2v) is 4.78. The fourth-order valence-corrected chi connectivity index (χ4v) is 2.19. The number of hydrogen-bond donors (Lipinski definition) is 2. The van der Waals surface area contributed by atoms with Gasteiger partial charge in [-0.25, -0.2) is 9.97 Å². The van der Waals surface area contributed by atoms with E-state index in [9.17, 15) is 0 Å². The van der Waals surface area contributed by atoms with Crippen molar-refractivity contribution in [2.75, 3.05) is 23.8 Å². The number of nitrogens with one attached hydrogen (secondary N) is 2. The van der Waals surface area contributed by atoms with Gasteiger partial charge in [-0.15, -0.1) is 0 Å². The second-order valence-electron chi connectivity index (χ2n) is 4.78. The SMILES string of the molecule is c1coc(CNc2cc(N[C@H]3CCCOC3)ncn2)c1. The molecule has 6 heteroatoms. The van der Waals surface area contributed by atoms with Crippen LogP contribution in [0, 0.1) is 0 Å². The number of rotatable bonds is 5. The monoisotopic (exact) mass is 274 g/mol. The highest BCUT2D eigenvalue weighted by Gasteiger charge is 2.14. The molecule has 2 N–H and O–H groups in total. The highest BCUT2D eigenvalue weighted by atomic mass is 16.5. The standard InChI is InChI=1S/C14H18N4O2/c1-3-11(9-19-5-1)18-14-7-13(16-10-17-14)15-8-12-4-2-6-20-12/h2,4,6-7,10-11H,1,3,5,8-9H2,(H2,15,16,17,18)/t11-/m0/s1. The minimum Gasteiger partial charge on any atom is -0.467 e. The van der Waals surface area contributed by atoms with Crippen LogP contribution in [0.1, 0.15) is 18.6 Å². The molecule has 2 aromatic rings. The van der Waals surface area contributed by atoms with E-state index in [1.807, 2.05) is 18.2 Å². The van der Waals surface area contributed by atoms with Gasteiger partial charge in [-0.2, -0.15) is 0 Å². The Morgan fingerprint density at radius 1 is 1.30 bits per heavy atom. The molecule has 0 spiro atoms. The summed E-state index contributed by atoms with van der Waals surface area (Å²) < 4.78 is 10.7. The first-order valence-corrected chi connectivity index (χ1v) is 6.83. The van der Waals surface area contributed by atoms with Gasteiger partial charge in [0.2, 0.25) is 0 Å². The molecule has 0 amide bonds. The summed E-state index contributed by atoms with van der Waals surface area (Å²) in [6, 6.07) is 6.02.